The van der Waals surface area contributed by atoms with Crippen molar-refractivity contribution in [1.29, 1.82) is 0 Å². The lowest BCUT2D eigenvalue weighted by atomic mass is 10.0. The zero-order chi connectivity index (χ0) is 13.7. The molecule has 0 fully saturated rings. The summed E-state index contributed by atoms with van der Waals surface area (Å²) in [7, 11) is 0. The van der Waals surface area contributed by atoms with Crippen LogP contribution in [0, 0.1) is 12.7 Å². The van der Waals surface area contributed by atoms with Gasteiger partial charge in [-0.2, -0.15) is 8.78 Å². The molecule has 0 aliphatic rings. The Balaban J connectivity index is 2.77. The van der Waals surface area contributed by atoms with E-state index < -0.39 is 12.4 Å². The van der Waals surface area contributed by atoms with E-state index in [-0.39, 0.29) is 11.8 Å². The lowest BCUT2D eigenvalue weighted by Crippen LogP contribution is -2.14. The van der Waals surface area contributed by atoms with Crippen LogP contribution in [-0.4, -0.2) is 12.7 Å². The molecule has 0 aliphatic carbocycles. The number of hydrogen-bond acceptors (Lipinski definition) is 2. The van der Waals surface area contributed by atoms with Gasteiger partial charge in [-0.1, -0.05) is 6.07 Å². The lowest BCUT2D eigenvalue weighted by Gasteiger charge is -2.11. The van der Waals surface area contributed by atoms with E-state index in [1.807, 2.05) is 6.92 Å². The van der Waals surface area contributed by atoms with Gasteiger partial charge in [0.15, 0.2) is 11.6 Å². The summed E-state index contributed by atoms with van der Waals surface area (Å²) < 4.78 is 41.9. The predicted octanol–water partition coefficient (Wildman–Crippen LogP) is 3.41. The van der Waals surface area contributed by atoms with Crippen molar-refractivity contribution in [3.63, 3.8) is 0 Å². The van der Waals surface area contributed by atoms with Gasteiger partial charge in [-0.25, -0.2) is 4.39 Å². The van der Waals surface area contributed by atoms with E-state index >= 15 is 0 Å². The minimum absolute atomic E-state index is 0.100. The van der Waals surface area contributed by atoms with E-state index in [0.717, 1.165) is 18.4 Å². The van der Waals surface area contributed by atoms with Crippen molar-refractivity contribution in [2.45, 2.75) is 45.8 Å². The van der Waals surface area contributed by atoms with Crippen LogP contribution in [0.15, 0.2) is 12.1 Å². The Morgan fingerprint density at radius 1 is 1.33 bits per heavy atom. The van der Waals surface area contributed by atoms with Gasteiger partial charge in [0.05, 0.1) is 0 Å². The van der Waals surface area contributed by atoms with Crippen molar-refractivity contribution in [1.82, 2.24) is 0 Å². The highest BCUT2D eigenvalue weighted by atomic mass is 19.3. The molecule has 0 aliphatic heterocycles. The summed E-state index contributed by atoms with van der Waals surface area (Å²) in [5.41, 5.74) is 6.71. The van der Waals surface area contributed by atoms with Crippen molar-refractivity contribution in [2.24, 2.45) is 5.73 Å². The van der Waals surface area contributed by atoms with Crippen LogP contribution in [0.1, 0.15) is 30.9 Å². The monoisotopic (exact) mass is 261 g/mol. The van der Waals surface area contributed by atoms with Gasteiger partial charge in [-0.3, -0.25) is 0 Å². The van der Waals surface area contributed by atoms with E-state index in [1.165, 1.54) is 13.0 Å². The minimum Gasteiger partial charge on any atom is -0.432 e. The molecule has 0 amide bonds. The maximum absolute atomic E-state index is 13.5. The Kier molecular flexibility index (Phi) is 5.47. The number of alkyl halides is 2. The number of halogens is 3. The van der Waals surface area contributed by atoms with E-state index in [9.17, 15) is 13.2 Å². The molecular weight excluding hydrogens is 243 g/mol. The summed E-state index contributed by atoms with van der Waals surface area (Å²) in [5, 5.41) is 0. The first kappa shape index (κ1) is 14.8. The fourth-order valence-electron chi connectivity index (χ4n) is 1.76. The van der Waals surface area contributed by atoms with E-state index in [4.69, 9.17) is 5.73 Å². The molecule has 1 rings (SSSR count). The second kappa shape index (κ2) is 6.64. The third kappa shape index (κ3) is 4.56. The van der Waals surface area contributed by atoms with Gasteiger partial charge in [-0.15, -0.1) is 0 Å². The molecular formula is C13H18F3NO. The van der Waals surface area contributed by atoms with Gasteiger partial charge >= 0.3 is 6.61 Å². The Bertz CT molecular complexity index is 394. The summed E-state index contributed by atoms with van der Waals surface area (Å²) in [6.45, 7) is 0.419. The molecule has 1 atom stereocenters. The van der Waals surface area contributed by atoms with Crippen LogP contribution in [0.25, 0.3) is 0 Å². The van der Waals surface area contributed by atoms with Gasteiger partial charge in [0.25, 0.3) is 0 Å². The number of aryl methyl sites for hydroxylation is 2. The van der Waals surface area contributed by atoms with Gasteiger partial charge in [-0.05, 0) is 50.3 Å². The molecule has 0 aromatic heterocycles. The third-order valence-electron chi connectivity index (χ3n) is 2.62. The summed E-state index contributed by atoms with van der Waals surface area (Å²) in [6.07, 6.45) is 2.33. The Morgan fingerprint density at radius 2 is 2.00 bits per heavy atom. The molecule has 0 radical (unpaired) electrons. The molecule has 1 aromatic carbocycles. The number of benzene rings is 1. The topological polar surface area (TPSA) is 35.2 Å². The molecule has 0 saturated heterocycles. The van der Waals surface area contributed by atoms with Gasteiger partial charge in [0, 0.05) is 6.04 Å². The first-order valence-corrected chi connectivity index (χ1v) is 5.89. The largest absolute Gasteiger partial charge is 0.432 e. The predicted molar refractivity (Wildman–Crippen MR) is 64.4 cm³/mol. The Labute approximate surface area is 105 Å². The van der Waals surface area contributed by atoms with E-state index in [1.54, 1.807) is 6.07 Å². The van der Waals surface area contributed by atoms with Crippen LogP contribution >= 0.6 is 0 Å². The van der Waals surface area contributed by atoms with Crippen molar-refractivity contribution in [3.8, 4) is 5.75 Å². The van der Waals surface area contributed by atoms with Crippen molar-refractivity contribution in [3.05, 3.63) is 29.1 Å². The normalized spacial score (nSPS) is 12.8. The zero-order valence-electron chi connectivity index (χ0n) is 10.6. The van der Waals surface area contributed by atoms with Gasteiger partial charge < -0.3 is 10.5 Å². The number of ether oxygens (including phenoxy) is 1. The van der Waals surface area contributed by atoms with Crippen molar-refractivity contribution < 1.29 is 17.9 Å². The molecule has 0 heterocycles. The minimum atomic E-state index is -3.02. The fraction of sp³-hybridized carbons (Fsp3) is 0.538. The van der Waals surface area contributed by atoms with Crippen molar-refractivity contribution in [2.75, 3.05) is 0 Å². The molecule has 2 nitrogen and oxygen atoms in total. The van der Waals surface area contributed by atoms with Gasteiger partial charge in [0.1, 0.15) is 0 Å². The van der Waals surface area contributed by atoms with Crippen LogP contribution in [0.3, 0.4) is 0 Å². The highest BCUT2D eigenvalue weighted by Gasteiger charge is 2.13. The third-order valence-corrected chi connectivity index (χ3v) is 2.62. The molecule has 18 heavy (non-hydrogen) atoms. The first-order valence-electron chi connectivity index (χ1n) is 5.89. The maximum Gasteiger partial charge on any atom is 0.387 e. The van der Waals surface area contributed by atoms with Crippen LogP contribution in [0.5, 0.6) is 5.75 Å². The molecule has 0 unspecified atom stereocenters. The summed E-state index contributed by atoms with van der Waals surface area (Å²) in [6, 6.07) is 3.08. The molecule has 5 heteroatoms. The average Bonchev–Trinajstić information content (AvgIpc) is 2.24. The molecule has 102 valence electrons. The SMILES string of the molecule is Cc1cc(CCC[C@H](C)N)cc(OC(F)F)c1F. The zero-order valence-corrected chi connectivity index (χ0v) is 10.6. The molecule has 0 spiro atoms. The highest BCUT2D eigenvalue weighted by Crippen LogP contribution is 2.25. The Morgan fingerprint density at radius 3 is 2.56 bits per heavy atom. The summed E-state index contributed by atoms with van der Waals surface area (Å²) >= 11 is 0. The highest BCUT2D eigenvalue weighted by molar-refractivity contribution is 5.36. The molecule has 0 bridgehead atoms. The fourth-order valence-corrected chi connectivity index (χ4v) is 1.76. The van der Waals surface area contributed by atoms with E-state index in [0.29, 0.717) is 12.0 Å². The summed E-state index contributed by atoms with van der Waals surface area (Å²) in [4.78, 5) is 0. The lowest BCUT2D eigenvalue weighted by molar-refractivity contribution is -0.0522. The Hall–Kier alpha value is -1.23. The number of hydrogen-bond donors (Lipinski definition) is 1. The molecule has 0 saturated carbocycles. The van der Waals surface area contributed by atoms with Crippen LogP contribution in [0.2, 0.25) is 0 Å². The number of rotatable bonds is 6. The standard InChI is InChI=1S/C13H18F3NO/c1-8-6-10(5-3-4-9(2)17)7-11(12(8)14)18-13(15)16/h6-7,9,13H,3-5,17H2,1-2H3/t9-/m0/s1. The van der Waals surface area contributed by atoms with Gasteiger partial charge in [0.2, 0.25) is 0 Å². The van der Waals surface area contributed by atoms with Crippen LogP contribution in [0.4, 0.5) is 13.2 Å². The smallest absolute Gasteiger partial charge is 0.387 e. The van der Waals surface area contributed by atoms with Crippen LogP contribution in [-0.2, 0) is 6.42 Å². The quantitative estimate of drug-likeness (QED) is 0.851. The second-order valence-electron chi connectivity index (χ2n) is 4.47. The molecule has 2 N–H and O–H groups in total. The summed E-state index contributed by atoms with van der Waals surface area (Å²) in [5.74, 6) is -1.12. The molecule has 1 aromatic rings. The average molecular weight is 261 g/mol. The number of nitrogens with two attached hydrogens (primary N) is 1. The van der Waals surface area contributed by atoms with Crippen molar-refractivity contribution >= 4 is 0 Å². The first-order chi connectivity index (χ1) is 8.40. The van der Waals surface area contributed by atoms with Crippen LogP contribution < -0.4 is 10.5 Å². The maximum atomic E-state index is 13.5. The van der Waals surface area contributed by atoms with E-state index in [2.05, 4.69) is 4.74 Å². The second-order valence-corrected chi connectivity index (χ2v) is 4.47.